The molecule has 0 aliphatic carbocycles. The molecule has 0 radical (unpaired) electrons. The summed E-state index contributed by atoms with van der Waals surface area (Å²) in [5, 5.41) is 3.41. The van der Waals surface area contributed by atoms with Crippen LogP contribution >= 0.6 is 0 Å². The topological polar surface area (TPSA) is 88.3 Å². The van der Waals surface area contributed by atoms with E-state index in [1.54, 1.807) is 48.5 Å². The number of ether oxygens (including phenoxy) is 1. The highest BCUT2D eigenvalue weighted by molar-refractivity contribution is 6.05. The summed E-state index contributed by atoms with van der Waals surface area (Å²) in [5.41, 5.74) is 3.25. The van der Waals surface area contributed by atoms with Gasteiger partial charge in [-0.05, 0) is 37.1 Å². The summed E-state index contributed by atoms with van der Waals surface area (Å²) < 4.78 is 5.69. The maximum atomic E-state index is 13.2. The molecular weight excluding hydrogens is 404 g/mol. The Bertz CT molecular complexity index is 1360. The SMILES string of the molecule is Cc1ccc(C)c(NC(=O)[C@@H](OC(=O)c2cc(=O)[nH]c3ccccc23)c2ccccc2)c1. The zero-order valence-corrected chi connectivity index (χ0v) is 17.7. The molecule has 3 aromatic carbocycles. The van der Waals surface area contributed by atoms with E-state index in [-0.39, 0.29) is 5.56 Å². The van der Waals surface area contributed by atoms with E-state index in [1.807, 2.05) is 38.1 Å². The maximum Gasteiger partial charge on any atom is 0.340 e. The van der Waals surface area contributed by atoms with Crippen LogP contribution in [0.1, 0.15) is 33.2 Å². The number of aryl methyl sites for hydroxylation is 2. The van der Waals surface area contributed by atoms with E-state index >= 15 is 0 Å². The Morgan fingerprint density at radius 1 is 0.906 bits per heavy atom. The van der Waals surface area contributed by atoms with Gasteiger partial charge in [-0.1, -0.05) is 60.7 Å². The molecule has 4 aromatic rings. The van der Waals surface area contributed by atoms with Gasteiger partial charge in [0.1, 0.15) is 0 Å². The van der Waals surface area contributed by atoms with Gasteiger partial charge in [-0.3, -0.25) is 9.59 Å². The van der Waals surface area contributed by atoms with Crippen LogP contribution in [0.2, 0.25) is 0 Å². The molecule has 6 heteroatoms. The molecule has 1 atom stereocenters. The van der Waals surface area contributed by atoms with Crippen LogP contribution in [0.25, 0.3) is 10.9 Å². The van der Waals surface area contributed by atoms with Crippen LogP contribution in [0.15, 0.2) is 83.7 Å². The number of fused-ring (bicyclic) bond motifs is 1. The van der Waals surface area contributed by atoms with Crippen molar-refractivity contribution in [3.05, 3.63) is 111 Å². The predicted octanol–water partition coefficient (Wildman–Crippen LogP) is 4.68. The van der Waals surface area contributed by atoms with Crippen molar-refractivity contribution in [3.8, 4) is 0 Å². The van der Waals surface area contributed by atoms with Gasteiger partial charge >= 0.3 is 5.97 Å². The van der Waals surface area contributed by atoms with Crippen molar-refractivity contribution in [2.75, 3.05) is 5.32 Å². The first-order valence-corrected chi connectivity index (χ1v) is 10.2. The number of aromatic nitrogens is 1. The second kappa shape index (κ2) is 8.89. The van der Waals surface area contributed by atoms with Crippen molar-refractivity contribution >= 4 is 28.5 Å². The standard InChI is InChI=1S/C26H22N2O4/c1-16-12-13-17(2)22(14-16)28-25(30)24(18-8-4-3-5-9-18)32-26(31)20-15-23(29)27-21-11-7-6-10-19(20)21/h3-15,24H,1-2H3,(H,27,29)(H,28,30)/t24-/m0/s1. The number of hydrogen-bond donors (Lipinski definition) is 2. The van der Waals surface area contributed by atoms with Crippen molar-refractivity contribution in [1.29, 1.82) is 0 Å². The molecule has 0 saturated carbocycles. The van der Waals surface area contributed by atoms with Crippen molar-refractivity contribution in [1.82, 2.24) is 4.98 Å². The van der Waals surface area contributed by atoms with E-state index in [0.717, 1.165) is 11.1 Å². The van der Waals surface area contributed by atoms with E-state index in [4.69, 9.17) is 4.74 Å². The molecule has 0 fully saturated rings. The fraction of sp³-hybridized carbons (Fsp3) is 0.115. The molecule has 6 nitrogen and oxygen atoms in total. The number of pyridine rings is 1. The van der Waals surface area contributed by atoms with Gasteiger partial charge in [-0.15, -0.1) is 0 Å². The van der Waals surface area contributed by atoms with Gasteiger partial charge in [0.2, 0.25) is 11.7 Å². The first-order valence-electron chi connectivity index (χ1n) is 10.2. The summed E-state index contributed by atoms with van der Waals surface area (Å²) in [6.07, 6.45) is -1.19. The van der Waals surface area contributed by atoms with Crippen molar-refractivity contribution in [3.63, 3.8) is 0 Å². The number of carbonyl (C=O) groups excluding carboxylic acids is 2. The summed E-state index contributed by atoms with van der Waals surface area (Å²) in [5.74, 6) is -1.23. The maximum absolute atomic E-state index is 13.2. The second-order valence-corrected chi connectivity index (χ2v) is 7.60. The molecule has 0 saturated heterocycles. The van der Waals surface area contributed by atoms with Crippen molar-refractivity contribution < 1.29 is 14.3 Å². The van der Waals surface area contributed by atoms with E-state index in [1.165, 1.54) is 6.07 Å². The molecule has 0 unspecified atom stereocenters. The summed E-state index contributed by atoms with van der Waals surface area (Å²) >= 11 is 0. The number of nitrogens with one attached hydrogen (secondary N) is 2. The number of aromatic amines is 1. The lowest BCUT2D eigenvalue weighted by Crippen LogP contribution is -2.26. The molecule has 1 aromatic heterocycles. The molecule has 0 aliphatic rings. The fourth-order valence-corrected chi connectivity index (χ4v) is 3.51. The molecule has 2 N–H and O–H groups in total. The number of para-hydroxylation sites is 1. The minimum absolute atomic E-state index is 0.102. The van der Waals surface area contributed by atoms with Gasteiger partial charge in [-0.25, -0.2) is 4.79 Å². The highest BCUT2D eigenvalue weighted by Crippen LogP contribution is 2.25. The van der Waals surface area contributed by atoms with Crippen LogP contribution in [0.5, 0.6) is 0 Å². The lowest BCUT2D eigenvalue weighted by Gasteiger charge is -2.19. The van der Waals surface area contributed by atoms with Gasteiger partial charge in [-0.2, -0.15) is 0 Å². The molecule has 1 amide bonds. The molecule has 0 bridgehead atoms. The second-order valence-electron chi connectivity index (χ2n) is 7.60. The van der Waals surface area contributed by atoms with Crippen molar-refractivity contribution in [2.24, 2.45) is 0 Å². The fourth-order valence-electron chi connectivity index (χ4n) is 3.51. The third-order valence-electron chi connectivity index (χ3n) is 5.19. The van der Waals surface area contributed by atoms with Gasteiger partial charge < -0.3 is 15.0 Å². The van der Waals surface area contributed by atoms with E-state index in [2.05, 4.69) is 10.3 Å². The number of rotatable bonds is 5. The first kappa shape index (κ1) is 21.1. The van der Waals surface area contributed by atoms with Crippen LogP contribution < -0.4 is 10.9 Å². The number of esters is 1. The third-order valence-corrected chi connectivity index (χ3v) is 5.19. The molecule has 0 spiro atoms. The van der Waals surface area contributed by atoms with Gasteiger partial charge in [0.25, 0.3) is 5.91 Å². The Balaban J connectivity index is 1.69. The Hall–Kier alpha value is -4.19. The minimum atomic E-state index is -1.19. The van der Waals surface area contributed by atoms with E-state index < -0.39 is 23.5 Å². The van der Waals surface area contributed by atoms with Gasteiger partial charge in [0.15, 0.2) is 0 Å². The van der Waals surface area contributed by atoms with Crippen molar-refractivity contribution in [2.45, 2.75) is 20.0 Å². The lowest BCUT2D eigenvalue weighted by molar-refractivity contribution is -0.125. The molecule has 0 aliphatic heterocycles. The highest BCUT2D eigenvalue weighted by Gasteiger charge is 2.27. The zero-order valence-electron chi connectivity index (χ0n) is 17.7. The molecule has 4 rings (SSSR count). The highest BCUT2D eigenvalue weighted by atomic mass is 16.5. The summed E-state index contributed by atoms with van der Waals surface area (Å²) in [6.45, 7) is 3.82. The molecule has 160 valence electrons. The zero-order chi connectivity index (χ0) is 22.7. The molecule has 1 heterocycles. The largest absolute Gasteiger partial charge is 0.444 e. The van der Waals surface area contributed by atoms with Gasteiger partial charge in [0, 0.05) is 28.2 Å². The smallest absolute Gasteiger partial charge is 0.340 e. The quantitative estimate of drug-likeness (QED) is 0.454. The number of benzene rings is 3. The Labute approximate surface area is 184 Å². The van der Waals surface area contributed by atoms with Crippen LogP contribution in [0, 0.1) is 13.8 Å². The number of hydrogen-bond acceptors (Lipinski definition) is 4. The Morgan fingerprint density at radius 2 is 1.62 bits per heavy atom. The summed E-state index contributed by atoms with van der Waals surface area (Å²) in [7, 11) is 0. The van der Waals surface area contributed by atoms with E-state index in [0.29, 0.717) is 22.2 Å². The average Bonchev–Trinajstić information content (AvgIpc) is 2.79. The molecule has 32 heavy (non-hydrogen) atoms. The van der Waals surface area contributed by atoms with Crippen LogP contribution in [-0.4, -0.2) is 16.9 Å². The van der Waals surface area contributed by atoms with Crippen LogP contribution in [0.4, 0.5) is 5.69 Å². The lowest BCUT2D eigenvalue weighted by atomic mass is 10.1. The number of carbonyl (C=O) groups is 2. The number of H-pyrrole nitrogens is 1. The van der Waals surface area contributed by atoms with Crippen LogP contribution in [0.3, 0.4) is 0 Å². The monoisotopic (exact) mass is 426 g/mol. The minimum Gasteiger partial charge on any atom is -0.444 e. The summed E-state index contributed by atoms with van der Waals surface area (Å²) in [6, 6.07) is 22.7. The molecular formula is C26H22N2O4. The Kier molecular flexibility index (Phi) is 5.85. The normalized spacial score (nSPS) is 11.7. The van der Waals surface area contributed by atoms with Gasteiger partial charge in [0.05, 0.1) is 5.56 Å². The summed E-state index contributed by atoms with van der Waals surface area (Å²) in [4.78, 5) is 41.1. The number of amides is 1. The Morgan fingerprint density at radius 3 is 2.41 bits per heavy atom. The predicted molar refractivity (Wildman–Crippen MR) is 124 cm³/mol. The first-order chi connectivity index (χ1) is 15.4. The average molecular weight is 426 g/mol. The third kappa shape index (κ3) is 4.44. The van der Waals surface area contributed by atoms with E-state index in [9.17, 15) is 14.4 Å². The van der Waals surface area contributed by atoms with Crippen LogP contribution in [-0.2, 0) is 9.53 Å². The number of anilines is 1.